The Hall–Kier alpha value is -1.78. The maximum Gasteiger partial charge on any atom is 0.407 e. The number of alkyl carbamates (subject to hydrolysis) is 1. The third kappa shape index (κ3) is 4.62. The van der Waals surface area contributed by atoms with Crippen LogP contribution in [0.4, 0.5) is 4.79 Å². The van der Waals surface area contributed by atoms with Crippen LogP contribution in [0.5, 0.6) is 0 Å². The Morgan fingerprint density at radius 3 is 2.92 bits per heavy atom. The molecule has 0 aromatic rings. The number of rotatable bonds is 0. The van der Waals surface area contributed by atoms with Crippen LogP contribution in [0.2, 0.25) is 0 Å². The number of cyclic esters (lactones) is 1. The first kappa shape index (κ1) is 9.31. The van der Waals surface area contributed by atoms with Crippen LogP contribution < -0.4 is 5.32 Å². The zero-order chi connectivity index (χ0) is 9.36. The van der Waals surface area contributed by atoms with Gasteiger partial charge in [-0.05, 0) is 12.2 Å². The van der Waals surface area contributed by atoms with Crippen molar-refractivity contribution in [2.24, 2.45) is 5.16 Å². The van der Waals surface area contributed by atoms with Crippen molar-refractivity contribution < 1.29 is 14.4 Å². The van der Waals surface area contributed by atoms with Gasteiger partial charge in [-0.3, -0.25) is 0 Å². The zero-order valence-electron chi connectivity index (χ0n) is 6.97. The van der Waals surface area contributed by atoms with Crippen molar-refractivity contribution in [2.45, 2.75) is 0 Å². The van der Waals surface area contributed by atoms with Gasteiger partial charge in [0.25, 0.3) is 0 Å². The van der Waals surface area contributed by atoms with E-state index in [1.807, 2.05) is 6.08 Å². The number of nitrogens with zero attached hydrogens (tertiary/aromatic N) is 1. The van der Waals surface area contributed by atoms with E-state index in [4.69, 9.17) is 0 Å². The largest absolute Gasteiger partial charge is 0.448 e. The van der Waals surface area contributed by atoms with Crippen LogP contribution in [0.25, 0.3) is 0 Å². The van der Waals surface area contributed by atoms with Crippen LogP contribution in [0.15, 0.2) is 29.6 Å². The summed E-state index contributed by atoms with van der Waals surface area (Å²) >= 11 is 0. The number of amides is 1. The molecule has 0 aromatic heterocycles. The highest BCUT2D eigenvalue weighted by atomic mass is 16.6. The van der Waals surface area contributed by atoms with Gasteiger partial charge in [0.1, 0.15) is 12.9 Å². The van der Waals surface area contributed by atoms with Crippen molar-refractivity contribution in [3.63, 3.8) is 0 Å². The van der Waals surface area contributed by atoms with Crippen molar-refractivity contribution in [1.82, 2.24) is 5.32 Å². The minimum Gasteiger partial charge on any atom is -0.448 e. The second-order valence-electron chi connectivity index (χ2n) is 2.14. The van der Waals surface area contributed by atoms with Crippen molar-refractivity contribution in [3.05, 3.63) is 24.5 Å². The molecule has 2 heterocycles. The molecule has 0 saturated carbocycles. The Balaban J connectivity index is 0.000000132. The lowest BCUT2D eigenvalue weighted by atomic mass is 10.5. The first-order chi connectivity index (χ1) is 6.39. The highest BCUT2D eigenvalue weighted by molar-refractivity contribution is 5.71. The van der Waals surface area contributed by atoms with E-state index in [2.05, 4.69) is 20.0 Å². The molecule has 2 aliphatic heterocycles. The molecule has 0 spiro atoms. The second-order valence-corrected chi connectivity index (χ2v) is 2.14. The highest BCUT2D eigenvalue weighted by Gasteiger charge is 2.06. The van der Waals surface area contributed by atoms with E-state index in [0.717, 1.165) is 0 Å². The molecule has 0 aliphatic carbocycles. The molecule has 1 N–H and O–H groups in total. The molecule has 0 aromatic carbocycles. The van der Waals surface area contributed by atoms with Gasteiger partial charge in [-0.15, -0.1) is 0 Å². The fourth-order valence-electron chi connectivity index (χ4n) is 0.648. The van der Waals surface area contributed by atoms with E-state index in [1.54, 1.807) is 18.4 Å². The third-order valence-corrected chi connectivity index (χ3v) is 1.17. The van der Waals surface area contributed by atoms with Gasteiger partial charge >= 0.3 is 6.09 Å². The van der Waals surface area contributed by atoms with Crippen LogP contribution in [0, 0.1) is 0 Å². The van der Waals surface area contributed by atoms with Crippen molar-refractivity contribution >= 4 is 12.3 Å². The Morgan fingerprint density at radius 2 is 2.31 bits per heavy atom. The summed E-state index contributed by atoms with van der Waals surface area (Å²) in [5, 5.41) is 5.93. The predicted octanol–water partition coefficient (Wildman–Crippen LogP) is 0.798. The summed E-state index contributed by atoms with van der Waals surface area (Å²) in [6.45, 7) is 1.19. The number of carbonyl (C=O) groups is 1. The molecule has 2 aliphatic rings. The zero-order valence-corrected chi connectivity index (χ0v) is 6.97. The molecular weight excluding hydrogens is 172 g/mol. The van der Waals surface area contributed by atoms with Gasteiger partial charge in [0.2, 0.25) is 0 Å². The molecule has 0 radical (unpaired) electrons. The Morgan fingerprint density at radius 1 is 1.38 bits per heavy atom. The van der Waals surface area contributed by atoms with Crippen LogP contribution >= 0.6 is 0 Å². The van der Waals surface area contributed by atoms with Gasteiger partial charge in [0, 0.05) is 0 Å². The molecule has 5 nitrogen and oxygen atoms in total. The first-order valence-corrected chi connectivity index (χ1v) is 3.81. The lowest BCUT2D eigenvalue weighted by Crippen LogP contribution is -2.11. The predicted molar refractivity (Wildman–Crippen MR) is 47.2 cm³/mol. The average Bonchev–Trinajstić information content (AvgIpc) is 2.48. The summed E-state index contributed by atoms with van der Waals surface area (Å²) in [6, 6.07) is 0. The highest BCUT2D eigenvalue weighted by Crippen LogP contribution is 1.84. The molecule has 2 rings (SSSR count). The number of ether oxygens (including phenoxy) is 1. The van der Waals surface area contributed by atoms with Crippen molar-refractivity contribution in [1.29, 1.82) is 0 Å². The summed E-state index contributed by atoms with van der Waals surface area (Å²) in [4.78, 5) is 14.4. The van der Waals surface area contributed by atoms with E-state index >= 15 is 0 Å². The fourth-order valence-corrected chi connectivity index (χ4v) is 0.648. The topological polar surface area (TPSA) is 59.9 Å². The van der Waals surface area contributed by atoms with E-state index in [1.165, 1.54) is 6.26 Å². The van der Waals surface area contributed by atoms with Gasteiger partial charge in [0.05, 0.1) is 12.8 Å². The quantitative estimate of drug-likeness (QED) is 0.602. The van der Waals surface area contributed by atoms with E-state index < -0.39 is 0 Å². The summed E-state index contributed by atoms with van der Waals surface area (Å²) in [5.41, 5.74) is 0. The van der Waals surface area contributed by atoms with Gasteiger partial charge in [-0.1, -0.05) is 11.2 Å². The number of hydrogen-bond acceptors (Lipinski definition) is 4. The number of hydrogen-bond donors (Lipinski definition) is 1. The first-order valence-electron chi connectivity index (χ1n) is 3.81. The molecule has 1 saturated heterocycles. The summed E-state index contributed by atoms with van der Waals surface area (Å²) in [6.07, 6.45) is 8.21. The van der Waals surface area contributed by atoms with E-state index in [-0.39, 0.29) is 6.09 Å². The minimum absolute atomic E-state index is 0.296. The van der Waals surface area contributed by atoms with Crippen LogP contribution in [0.1, 0.15) is 0 Å². The molecule has 5 heteroatoms. The maximum absolute atomic E-state index is 9.91. The van der Waals surface area contributed by atoms with Gasteiger partial charge < -0.3 is 14.9 Å². The monoisotopic (exact) mass is 182 g/mol. The summed E-state index contributed by atoms with van der Waals surface area (Å²) < 4.78 is 4.40. The van der Waals surface area contributed by atoms with Gasteiger partial charge in [-0.2, -0.15) is 0 Å². The van der Waals surface area contributed by atoms with E-state index in [0.29, 0.717) is 13.2 Å². The average molecular weight is 182 g/mol. The number of nitrogens with one attached hydrogen (secondary N) is 1. The van der Waals surface area contributed by atoms with Crippen molar-refractivity contribution in [2.75, 3.05) is 13.2 Å². The normalized spacial score (nSPS) is 17.7. The number of oxime groups is 1. The molecular formula is C8H10N2O3. The molecule has 0 atom stereocenters. The van der Waals surface area contributed by atoms with Gasteiger partial charge in [-0.25, -0.2) is 4.79 Å². The molecule has 0 bridgehead atoms. The van der Waals surface area contributed by atoms with Crippen LogP contribution in [-0.4, -0.2) is 25.5 Å². The molecule has 1 fully saturated rings. The Bertz CT molecular complexity index is 224. The fraction of sp³-hybridized carbons (Fsp3) is 0.250. The lowest BCUT2D eigenvalue weighted by molar-refractivity contribution is 0.178. The maximum atomic E-state index is 9.91. The van der Waals surface area contributed by atoms with Crippen LogP contribution in [0.3, 0.4) is 0 Å². The standard InChI is InChI=1S/C5H5NO.C3H5NO2/c1-2-4-6-7-5-3-1;5-3-4-1-2-6-3/h1-5H;1-2H2,(H,4,5). The van der Waals surface area contributed by atoms with Crippen molar-refractivity contribution in [3.8, 4) is 0 Å². The minimum atomic E-state index is -0.296. The molecule has 0 unspecified atom stereocenters. The molecule has 1 amide bonds. The van der Waals surface area contributed by atoms with Crippen LogP contribution in [-0.2, 0) is 9.57 Å². The Kier molecular flexibility index (Phi) is 4.17. The smallest absolute Gasteiger partial charge is 0.407 e. The third-order valence-electron chi connectivity index (χ3n) is 1.17. The number of allylic oxidation sites excluding steroid dienone is 3. The molecule has 13 heavy (non-hydrogen) atoms. The van der Waals surface area contributed by atoms with E-state index in [9.17, 15) is 4.79 Å². The summed E-state index contributed by atoms with van der Waals surface area (Å²) in [5.74, 6) is 0. The number of carbonyl (C=O) groups excluding carboxylic acids is 1. The Labute approximate surface area is 75.7 Å². The SMILES string of the molecule is C1=CC=NOC=C1.O=C1NCCO1. The lowest BCUT2D eigenvalue weighted by Gasteiger charge is -1.80. The second kappa shape index (κ2) is 5.82. The summed E-state index contributed by atoms with van der Waals surface area (Å²) in [7, 11) is 0. The molecule has 70 valence electrons. The van der Waals surface area contributed by atoms with Gasteiger partial charge in [0.15, 0.2) is 0 Å².